The molecule has 0 spiro atoms. The zero-order valence-electron chi connectivity index (χ0n) is 11.4. The lowest BCUT2D eigenvalue weighted by Crippen LogP contribution is -2.37. The van der Waals surface area contributed by atoms with Gasteiger partial charge in [-0.05, 0) is 45.0 Å². The van der Waals surface area contributed by atoms with E-state index in [1.54, 1.807) is 6.20 Å². The Hall–Kier alpha value is -1.42. The average Bonchev–Trinajstić information content (AvgIpc) is 2.74. The lowest BCUT2D eigenvalue weighted by atomic mass is 10.2. The van der Waals surface area contributed by atoms with Gasteiger partial charge in [-0.3, -0.25) is 4.79 Å². The first-order chi connectivity index (χ1) is 8.61. The molecule has 1 unspecified atom stereocenters. The van der Waals surface area contributed by atoms with Gasteiger partial charge in [-0.15, -0.1) is 0 Å². The summed E-state index contributed by atoms with van der Waals surface area (Å²) >= 11 is 0. The number of carbonyl (C=O) groups is 1. The summed E-state index contributed by atoms with van der Waals surface area (Å²) in [6, 6.07) is 2.51. The number of hydrogen-bond acceptors (Lipinski definition) is 4. The van der Waals surface area contributed by atoms with E-state index in [4.69, 9.17) is 0 Å². The van der Waals surface area contributed by atoms with Crippen molar-refractivity contribution in [3.63, 3.8) is 0 Å². The Morgan fingerprint density at radius 1 is 1.61 bits per heavy atom. The number of hydrogen-bond donors (Lipinski definition) is 0. The minimum atomic E-state index is 0.613. The van der Waals surface area contributed by atoms with E-state index < -0.39 is 0 Å². The van der Waals surface area contributed by atoms with Crippen LogP contribution >= 0.6 is 0 Å². The van der Waals surface area contributed by atoms with Crippen molar-refractivity contribution in [2.24, 2.45) is 0 Å². The molecule has 2 rings (SSSR count). The first-order valence-electron chi connectivity index (χ1n) is 6.45. The summed E-state index contributed by atoms with van der Waals surface area (Å²) < 4.78 is 0. The standard InChI is InChI=1S/C14H21N3O/c1-11-7-12(10-18)8-15-14(11)17(3)9-13-5-4-6-16(13)2/h7-8,10,13H,4-6,9H2,1-3H3. The van der Waals surface area contributed by atoms with Crippen molar-refractivity contribution in [1.29, 1.82) is 0 Å². The Kier molecular flexibility index (Phi) is 3.97. The van der Waals surface area contributed by atoms with Gasteiger partial charge in [-0.1, -0.05) is 0 Å². The van der Waals surface area contributed by atoms with Crippen molar-refractivity contribution in [1.82, 2.24) is 9.88 Å². The van der Waals surface area contributed by atoms with Gasteiger partial charge in [0, 0.05) is 31.4 Å². The Balaban J connectivity index is 2.08. The van der Waals surface area contributed by atoms with E-state index >= 15 is 0 Å². The molecule has 0 N–H and O–H groups in total. The predicted molar refractivity (Wildman–Crippen MR) is 73.3 cm³/mol. The molecule has 1 fully saturated rings. The van der Waals surface area contributed by atoms with E-state index in [0.717, 1.165) is 24.2 Å². The molecule has 0 aliphatic carbocycles. The number of aldehydes is 1. The molecule has 0 amide bonds. The minimum Gasteiger partial charge on any atom is -0.358 e. The van der Waals surface area contributed by atoms with E-state index in [1.165, 1.54) is 19.4 Å². The van der Waals surface area contributed by atoms with Crippen molar-refractivity contribution < 1.29 is 4.79 Å². The second-order valence-electron chi connectivity index (χ2n) is 5.18. The maximum absolute atomic E-state index is 10.7. The van der Waals surface area contributed by atoms with Crippen LogP contribution < -0.4 is 4.90 Å². The van der Waals surface area contributed by atoms with E-state index in [2.05, 4.69) is 28.9 Å². The maximum atomic E-state index is 10.7. The van der Waals surface area contributed by atoms with Crippen molar-refractivity contribution in [3.8, 4) is 0 Å². The van der Waals surface area contributed by atoms with Gasteiger partial charge in [-0.25, -0.2) is 4.98 Å². The summed E-state index contributed by atoms with van der Waals surface area (Å²) in [5, 5.41) is 0. The molecule has 0 aromatic carbocycles. The summed E-state index contributed by atoms with van der Waals surface area (Å²) in [6.45, 7) is 4.18. The SMILES string of the molecule is Cc1cc(C=O)cnc1N(C)CC1CCCN1C. The van der Waals surface area contributed by atoms with Gasteiger partial charge in [0.1, 0.15) is 5.82 Å². The fraction of sp³-hybridized carbons (Fsp3) is 0.571. The second kappa shape index (κ2) is 5.48. The lowest BCUT2D eigenvalue weighted by Gasteiger charge is -2.27. The van der Waals surface area contributed by atoms with Crippen LogP contribution in [-0.4, -0.2) is 49.4 Å². The van der Waals surface area contributed by atoms with Crippen LogP contribution in [-0.2, 0) is 0 Å². The molecular formula is C14H21N3O. The number of aryl methyl sites for hydroxylation is 1. The number of carbonyl (C=O) groups excluding carboxylic acids is 1. The van der Waals surface area contributed by atoms with Crippen molar-refractivity contribution >= 4 is 12.1 Å². The Labute approximate surface area is 109 Å². The molecule has 4 nitrogen and oxygen atoms in total. The number of anilines is 1. The highest BCUT2D eigenvalue weighted by Gasteiger charge is 2.22. The normalized spacial score (nSPS) is 20.1. The van der Waals surface area contributed by atoms with Crippen LogP contribution in [0.4, 0.5) is 5.82 Å². The van der Waals surface area contributed by atoms with E-state index in [9.17, 15) is 4.79 Å². The zero-order chi connectivity index (χ0) is 13.1. The minimum absolute atomic E-state index is 0.613. The monoisotopic (exact) mass is 247 g/mol. The Morgan fingerprint density at radius 2 is 2.39 bits per heavy atom. The summed E-state index contributed by atoms with van der Waals surface area (Å²) in [6.07, 6.45) is 5.02. The maximum Gasteiger partial charge on any atom is 0.151 e. The molecule has 0 bridgehead atoms. The number of rotatable bonds is 4. The van der Waals surface area contributed by atoms with Gasteiger partial charge < -0.3 is 9.80 Å². The van der Waals surface area contributed by atoms with Crippen molar-refractivity contribution in [3.05, 3.63) is 23.4 Å². The van der Waals surface area contributed by atoms with Crippen molar-refractivity contribution in [2.75, 3.05) is 32.1 Å². The van der Waals surface area contributed by atoms with Gasteiger partial charge in [0.25, 0.3) is 0 Å². The zero-order valence-corrected chi connectivity index (χ0v) is 11.4. The van der Waals surface area contributed by atoms with Crippen LogP contribution in [0, 0.1) is 6.92 Å². The van der Waals surface area contributed by atoms with Crippen LogP contribution in [0.15, 0.2) is 12.3 Å². The molecule has 1 aromatic rings. The first-order valence-corrected chi connectivity index (χ1v) is 6.45. The highest BCUT2D eigenvalue weighted by Crippen LogP contribution is 2.20. The molecule has 98 valence electrons. The largest absolute Gasteiger partial charge is 0.358 e. The third-order valence-corrected chi connectivity index (χ3v) is 3.73. The summed E-state index contributed by atoms with van der Waals surface area (Å²) in [5.74, 6) is 0.973. The third kappa shape index (κ3) is 2.70. The number of likely N-dealkylation sites (tertiary alicyclic amines) is 1. The van der Waals surface area contributed by atoms with Crippen LogP contribution in [0.3, 0.4) is 0 Å². The van der Waals surface area contributed by atoms with E-state index in [0.29, 0.717) is 11.6 Å². The van der Waals surface area contributed by atoms with Gasteiger partial charge in [0.15, 0.2) is 6.29 Å². The Morgan fingerprint density at radius 3 is 2.94 bits per heavy atom. The first kappa shape index (κ1) is 13.0. The predicted octanol–water partition coefficient (Wildman–Crippen LogP) is 1.73. The second-order valence-corrected chi connectivity index (χ2v) is 5.18. The summed E-state index contributed by atoms with van der Waals surface area (Å²) in [5.41, 5.74) is 1.70. The molecule has 2 heterocycles. The molecule has 4 heteroatoms. The van der Waals surface area contributed by atoms with E-state index in [-0.39, 0.29) is 0 Å². The lowest BCUT2D eigenvalue weighted by molar-refractivity contribution is 0.112. The molecule has 0 saturated carbocycles. The van der Waals surface area contributed by atoms with Crippen LogP contribution in [0.5, 0.6) is 0 Å². The molecule has 0 radical (unpaired) electrons. The molecule has 1 atom stereocenters. The fourth-order valence-electron chi connectivity index (χ4n) is 2.67. The smallest absolute Gasteiger partial charge is 0.151 e. The summed E-state index contributed by atoms with van der Waals surface area (Å²) in [7, 11) is 4.25. The molecule has 18 heavy (non-hydrogen) atoms. The van der Waals surface area contributed by atoms with Gasteiger partial charge in [0.2, 0.25) is 0 Å². The quantitative estimate of drug-likeness (QED) is 0.759. The molecular weight excluding hydrogens is 226 g/mol. The Bertz CT molecular complexity index is 433. The van der Waals surface area contributed by atoms with Gasteiger partial charge >= 0.3 is 0 Å². The topological polar surface area (TPSA) is 36.4 Å². The van der Waals surface area contributed by atoms with Gasteiger partial charge in [0.05, 0.1) is 0 Å². The van der Waals surface area contributed by atoms with Crippen LogP contribution in [0.1, 0.15) is 28.8 Å². The number of pyridine rings is 1. The van der Waals surface area contributed by atoms with Crippen LogP contribution in [0.25, 0.3) is 0 Å². The van der Waals surface area contributed by atoms with Gasteiger partial charge in [-0.2, -0.15) is 0 Å². The van der Waals surface area contributed by atoms with Crippen molar-refractivity contribution in [2.45, 2.75) is 25.8 Å². The van der Waals surface area contributed by atoms with E-state index in [1.807, 2.05) is 13.0 Å². The summed E-state index contributed by atoms with van der Waals surface area (Å²) in [4.78, 5) is 19.7. The molecule has 1 aliphatic rings. The number of nitrogens with zero attached hydrogens (tertiary/aromatic N) is 3. The highest BCUT2D eigenvalue weighted by molar-refractivity contribution is 5.75. The number of likely N-dealkylation sites (N-methyl/N-ethyl adjacent to an activating group) is 2. The molecule has 1 aliphatic heterocycles. The number of aromatic nitrogens is 1. The average molecular weight is 247 g/mol. The fourth-order valence-corrected chi connectivity index (χ4v) is 2.67. The molecule has 1 saturated heterocycles. The molecule has 1 aromatic heterocycles. The van der Waals surface area contributed by atoms with Crippen LogP contribution in [0.2, 0.25) is 0 Å². The highest BCUT2D eigenvalue weighted by atomic mass is 16.1. The third-order valence-electron chi connectivity index (χ3n) is 3.73.